The first kappa shape index (κ1) is 18.6. The molecule has 2 aliphatic rings. The molecule has 1 saturated carbocycles. The molecule has 1 heterocycles. The van der Waals surface area contributed by atoms with Gasteiger partial charge in [0.2, 0.25) is 5.91 Å². The van der Waals surface area contributed by atoms with E-state index in [1.807, 2.05) is 0 Å². The monoisotopic (exact) mass is 401 g/mol. The molecule has 2 aromatic rings. The number of benzene rings is 2. The van der Waals surface area contributed by atoms with E-state index in [4.69, 9.17) is 0 Å². The minimum Gasteiger partial charge on any atom is -0.335 e. The van der Waals surface area contributed by atoms with Crippen molar-refractivity contribution in [1.82, 2.24) is 9.62 Å². The van der Waals surface area contributed by atoms with Crippen LogP contribution < -0.4 is 4.72 Å². The largest absolute Gasteiger partial charge is 0.335 e. The topological polar surface area (TPSA) is 78.8 Å². The number of amides is 1. The number of amidine groups is 1. The van der Waals surface area contributed by atoms with Crippen LogP contribution >= 0.6 is 0 Å². The van der Waals surface area contributed by atoms with Gasteiger partial charge in [-0.2, -0.15) is 0 Å². The Morgan fingerprint density at radius 2 is 1.86 bits per heavy atom. The van der Waals surface area contributed by atoms with Gasteiger partial charge in [0.05, 0.1) is 11.4 Å². The SMILES string of the molecule is O=C(CCN=C1NS(=O)(=O)c2ccccc21)N(Cc1ccc(F)cc1)C1CC1. The lowest BCUT2D eigenvalue weighted by molar-refractivity contribution is -0.132. The van der Waals surface area contributed by atoms with Crippen molar-refractivity contribution in [3.05, 3.63) is 65.5 Å². The third kappa shape index (κ3) is 3.91. The smallest absolute Gasteiger partial charge is 0.263 e. The molecule has 0 spiro atoms. The number of carbonyl (C=O) groups is 1. The number of hydrogen-bond acceptors (Lipinski definition) is 4. The van der Waals surface area contributed by atoms with Crippen LogP contribution in [-0.4, -0.2) is 37.6 Å². The van der Waals surface area contributed by atoms with Crippen LogP contribution in [0.4, 0.5) is 4.39 Å². The molecule has 146 valence electrons. The highest BCUT2D eigenvalue weighted by Crippen LogP contribution is 2.29. The van der Waals surface area contributed by atoms with E-state index in [1.165, 1.54) is 18.2 Å². The summed E-state index contributed by atoms with van der Waals surface area (Å²) in [6.45, 7) is 0.632. The van der Waals surface area contributed by atoms with Crippen molar-refractivity contribution < 1.29 is 17.6 Å². The molecule has 4 rings (SSSR count). The van der Waals surface area contributed by atoms with Gasteiger partial charge in [0.25, 0.3) is 10.0 Å². The molecule has 0 radical (unpaired) electrons. The molecule has 1 aliphatic carbocycles. The Labute approximate surface area is 163 Å². The molecular weight excluding hydrogens is 381 g/mol. The highest BCUT2D eigenvalue weighted by Gasteiger charge is 2.33. The van der Waals surface area contributed by atoms with Gasteiger partial charge in [0, 0.05) is 24.6 Å². The predicted octanol–water partition coefficient (Wildman–Crippen LogP) is 2.45. The average molecular weight is 401 g/mol. The maximum absolute atomic E-state index is 13.1. The summed E-state index contributed by atoms with van der Waals surface area (Å²) < 4.78 is 39.7. The second-order valence-corrected chi connectivity index (χ2v) is 8.61. The number of nitrogens with one attached hydrogen (secondary N) is 1. The molecule has 0 bridgehead atoms. The van der Waals surface area contributed by atoms with Crippen molar-refractivity contribution in [1.29, 1.82) is 0 Å². The number of aliphatic imine (C=N–C) groups is 1. The summed E-state index contributed by atoms with van der Waals surface area (Å²) in [6.07, 6.45) is 2.12. The maximum atomic E-state index is 13.1. The second-order valence-electron chi connectivity index (χ2n) is 6.96. The highest BCUT2D eigenvalue weighted by atomic mass is 32.2. The number of halogens is 1. The summed E-state index contributed by atoms with van der Waals surface area (Å²) >= 11 is 0. The maximum Gasteiger partial charge on any atom is 0.263 e. The lowest BCUT2D eigenvalue weighted by Crippen LogP contribution is -2.33. The molecule has 0 atom stereocenters. The Bertz CT molecular complexity index is 1030. The quantitative estimate of drug-likeness (QED) is 0.808. The van der Waals surface area contributed by atoms with Gasteiger partial charge in [-0.05, 0) is 42.7 Å². The summed E-state index contributed by atoms with van der Waals surface area (Å²) in [5, 5.41) is 0. The number of nitrogens with zero attached hydrogens (tertiary/aromatic N) is 2. The Hall–Kier alpha value is -2.74. The zero-order valence-corrected chi connectivity index (χ0v) is 16.0. The minimum atomic E-state index is -3.58. The summed E-state index contributed by atoms with van der Waals surface area (Å²) in [6, 6.07) is 13.0. The van der Waals surface area contributed by atoms with Crippen molar-refractivity contribution in [3.8, 4) is 0 Å². The molecule has 1 aliphatic heterocycles. The fourth-order valence-corrected chi connectivity index (χ4v) is 4.50. The van der Waals surface area contributed by atoms with Gasteiger partial charge in [-0.3, -0.25) is 14.5 Å². The van der Waals surface area contributed by atoms with Gasteiger partial charge >= 0.3 is 0 Å². The van der Waals surface area contributed by atoms with Gasteiger partial charge in [0.1, 0.15) is 11.7 Å². The van der Waals surface area contributed by atoms with Crippen LogP contribution in [0.1, 0.15) is 30.4 Å². The minimum absolute atomic E-state index is 0.0367. The molecule has 1 fully saturated rings. The van der Waals surface area contributed by atoms with Crippen molar-refractivity contribution >= 4 is 21.8 Å². The van der Waals surface area contributed by atoms with Gasteiger partial charge in [-0.25, -0.2) is 12.8 Å². The standard InChI is InChI=1S/C20H20FN3O3S/c21-15-7-5-14(6-8-15)13-24(16-9-10-16)19(25)11-12-22-20-17-3-1-2-4-18(17)28(26,27)23-20/h1-8,16H,9-13H2,(H,22,23). The summed E-state index contributed by atoms with van der Waals surface area (Å²) in [5.74, 6) is -0.0617. The molecule has 28 heavy (non-hydrogen) atoms. The molecule has 1 N–H and O–H groups in total. The highest BCUT2D eigenvalue weighted by molar-refractivity contribution is 7.90. The Morgan fingerprint density at radius 3 is 2.57 bits per heavy atom. The fraction of sp³-hybridized carbons (Fsp3) is 0.300. The average Bonchev–Trinajstić information content (AvgIpc) is 3.48. The predicted molar refractivity (Wildman–Crippen MR) is 103 cm³/mol. The van der Waals surface area contributed by atoms with Crippen LogP contribution in [0, 0.1) is 5.82 Å². The fourth-order valence-electron chi connectivity index (χ4n) is 3.25. The number of hydrogen-bond donors (Lipinski definition) is 1. The number of carbonyl (C=O) groups excluding carboxylic acids is 1. The van der Waals surface area contributed by atoms with Crippen LogP contribution in [0.15, 0.2) is 58.4 Å². The zero-order valence-electron chi connectivity index (χ0n) is 15.1. The molecule has 1 amide bonds. The van der Waals surface area contributed by atoms with Gasteiger partial charge in [-0.15, -0.1) is 0 Å². The van der Waals surface area contributed by atoms with Crippen molar-refractivity contribution in [2.24, 2.45) is 4.99 Å². The first-order valence-corrected chi connectivity index (χ1v) is 10.6. The summed E-state index contributed by atoms with van der Waals surface area (Å²) in [7, 11) is -3.58. The van der Waals surface area contributed by atoms with Gasteiger partial charge < -0.3 is 4.90 Å². The second kappa shape index (κ2) is 7.35. The Balaban J connectivity index is 1.42. The first-order chi connectivity index (χ1) is 13.4. The third-order valence-electron chi connectivity index (χ3n) is 4.83. The van der Waals surface area contributed by atoms with Gasteiger partial charge in [-0.1, -0.05) is 24.3 Å². The normalized spacial score (nSPS) is 18.5. The summed E-state index contributed by atoms with van der Waals surface area (Å²) in [4.78, 5) is 19.0. The molecular formula is C20H20FN3O3S. The lowest BCUT2D eigenvalue weighted by atomic mass is 10.2. The first-order valence-electron chi connectivity index (χ1n) is 9.14. The zero-order chi connectivity index (χ0) is 19.7. The Kier molecular flexibility index (Phi) is 4.89. The number of fused-ring (bicyclic) bond motifs is 1. The van der Waals surface area contributed by atoms with Crippen LogP contribution in [0.5, 0.6) is 0 Å². The van der Waals surface area contributed by atoms with Crippen LogP contribution in [-0.2, 0) is 21.4 Å². The van der Waals surface area contributed by atoms with E-state index in [2.05, 4.69) is 9.71 Å². The number of sulfonamides is 1. The van der Waals surface area contributed by atoms with E-state index in [-0.39, 0.29) is 41.5 Å². The molecule has 6 nitrogen and oxygen atoms in total. The molecule has 0 aromatic heterocycles. The Morgan fingerprint density at radius 1 is 1.14 bits per heavy atom. The molecule has 8 heteroatoms. The van der Waals surface area contributed by atoms with E-state index >= 15 is 0 Å². The van der Waals surface area contributed by atoms with E-state index in [1.54, 1.807) is 35.2 Å². The summed E-state index contributed by atoms with van der Waals surface area (Å²) in [5.41, 5.74) is 1.41. The number of rotatable bonds is 6. The lowest BCUT2D eigenvalue weighted by Gasteiger charge is -2.22. The molecule has 0 unspecified atom stereocenters. The van der Waals surface area contributed by atoms with Gasteiger partial charge in [0.15, 0.2) is 0 Å². The third-order valence-corrected chi connectivity index (χ3v) is 6.23. The van der Waals surface area contributed by atoms with E-state index in [0.717, 1.165) is 18.4 Å². The van der Waals surface area contributed by atoms with Crippen molar-refractivity contribution in [2.45, 2.75) is 36.7 Å². The van der Waals surface area contributed by atoms with E-state index < -0.39 is 10.0 Å². The van der Waals surface area contributed by atoms with E-state index in [9.17, 15) is 17.6 Å². The molecule has 2 aromatic carbocycles. The molecule has 0 saturated heterocycles. The van der Waals surface area contributed by atoms with Crippen molar-refractivity contribution in [3.63, 3.8) is 0 Å². The van der Waals surface area contributed by atoms with E-state index in [0.29, 0.717) is 12.1 Å². The van der Waals surface area contributed by atoms with Crippen LogP contribution in [0.2, 0.25) is 0 Å². The van der Waals surface area contributed by atoms with Crippen LogP contribution in [0.3, 0.4) is 0 Å². The van der Waals surface area contributed by atoms with Crippen molar-refractivity contribution in [2.75, 3.05) is 6.54 Å². The van der Waals surface area contributed by atoms with Crippen LogP contribution in [0.25, 0.3) is 0 Å².